The zero-order chi connectivity index (χ0) is 19.8. The molecule has 2 aliphatic rings. The van der Waals surface area contributed by atoms with Gasteiger partial charge in [-0.05, 0) is 42.9 Å². The van der Waals surface area contributed by atoms with Crippen molar-refractivity contribution in [2.75, 3.05) is 7.11 Å². The molecule has 1 atom stereocenters. The van der Waals surface area contributed by atoms with Crippen LogP contribution in [0.4, 0.5) is 0 Å². The molecule has 3 nitrogen and oxygen atoms in total. The van der Waals surface area contributed by atoms with Crippen molar-refractivity contribution in [2.45, 2.75) is 75.7 Å². The van der Waals surface area contributed by atoms with E-state index in [0.717, 1.165) is 29.9 Å². The van der Waals surface area contributed by atoms with Crippen molar-refractivity contribution in [3.05, 3.63) is 60.1 Å². The molecule has 0 spiro atoms. The molecule has 3 heteroatoms. The van der Waals surface area contributed by atoms with Gasteiger partial charge in [0.25, 0.3) is 0 Å². The summed E-state index contributed by atoms with van der Waals surface area (Å²) in [6, 6.07) is 0. The Morgan fingerprint density at radius 3 is 2.04 bits per heavy atom. The number of nitrogens with one attached hydrogen (secondary N) is 1. The van der Waals surface area contributed by atoms with Crippen LogP contribution in [0.15, 0.2) is 60.1 Å². The minimum atomic E-state index is 0. The Kier molecular flexibility index (Phi) is 24.5. The predicted molar refractivity (Wildman–Crippen MR) is 124 cm³/mol. The van der Waals surface area contributed by atoms with Crippen molar-refractivity contribution in [3.8, 4) is 0 Å². The van der Waals surface area contributed by atoms with Gasteiger partial charge in [0.15, 0.2) is 0 Å². The molecule has 0 aromatic rings. The van der Waals surface area contributed by atoms with Gasteiger partial charge in [0.2, 0.25) is 5.91 Å². The van der Waals surface area contributed by atoms with Crippen LogP contribution in [-0.2, 0) is 9.53 Å². The second-order valence-corrected chi connectivity index (χ2v) is 5.31. The van der Waals surface area contributed by atoms with E-state index in [9.17, 15) is 4.79 Å². The smallest absolute Gasteiger partial charge is 0.228 e. The van der Waals surface area contributed by atoms with Gasteiger partial charge in [0.05, 0.1) is 13.5 Å². The van der Waals surface area contributed by atoms with Gasteiger partial charge in [-0.2, -0.15) is 0 Å². The van der Waals surface area contributed by atoms with Crippen LogP contribution < -0.4 is 5.32 Å². The molecule has 1 unspecified atom stereocenters. The van der Waals surface area contributed by atoms with E-state index in [1.54, 1.807) is 19.3 Å². The fraction of sp³-hybridized carbons (Fsp3) is 0.542. The number of carbonyl (C=O) groups excluding carboxylic acids is 1. The summed E-state index contributed by atoms with van der Waals surface area (Å²) in [5.41, 5.74) is 3.27. The third-order valence-electron chi connectivity index (χ3n) is 3.56. The molecular weight excluding hydrogens is 334 g/mol. The zero-order valence-electron chi connectivity index (χ0n) is 17.2. The van der Waals surface area contributed by atoms with E-state index >= 15 is 0 Å². The van der Waals surface area contributed by atoms with Gasteiger partial charge >= 0.3 is 0 Å². The van der Waals surface area contributed by atoms with Crippen molar-refractivity contribution in [1.82, 2.24) is 5.32 Å². The molecule has 27 heavy (non-hydrogen) atoms. The average molecular weight is 380 g/mol. The first-order chi connectivity index (χ1) is 12.0. The van der Waals surface area contributed by atoms with Crippen LogP contribution in [0.5, 0.6) is 0 Å². The van der Waals surface area contributed by atoms with Crippen molar-refractivity contribution < 1.29 is 9.53 Å². The molecule has 1 heterocycles. The van der Waals surface area contributed by atoms with Gasteiger partial charge in [0, 0.05) is 5.70 Å². The molecular formula is C24H45NO2. The molecule has 1 aliphatic heterocycles. The maximum atomic E-state index is 11.0. The molecule has 1 fully saturated rings. The number of hydrogen-bond acceptors (Lipinski definition) is 2. The number of hydrogen-bond donors (Lipinski definition) is 1. The highest BCUT2D eigenvalue weighted by Gasteiger charge is 2.21. The number of amides is 1. The lowest BCUT2D eigenvalue weighted by Gasteiger charge is -2.01. The van der Waals surface area contributed by atoms with Gasteiger partial charge in [-0.3, -0.25) is 4.79 Å². The van der Waals surface area contributed by atoms with Gasteiger partial charge in [-0.15, -0.1) is 0 Å². The zero-order valence-corrected chi connectivity index (χ0v) is 17.2. The van der Waals surface area contributed by atoms with E-state index < -0.39 is 0 Å². The molecule has 1 N–H and O–H groups in total. The van der Waals surface area contributed by atoms with E-state index in [0.29, 0.717) is 12.3 Å². The number of carbonyl (C=O) groups is 1. The first kappa shape index (κ1) is 32.6. The minimum absolute atomic E-state index is 0. The lowest BCUT2D eigenvalue weighted by atomic mass is 10.1. The summed E-state index contributed by atoms with van der Waals surface area (Å²) in [5, 5.41) is 2.87. The highest BCUT2D eigenvalue weighted by molar-refractivity contribution is 5.86. The van der Waals surface area contributed by atoms with E-state index in [1.807, 2.05) is 34.6 Å². The fourth-order valence-electron chi connectivity index (χ4n) is 2.17. The fourth-order valence-corrected chi connectivity index (χ4v) is 2.17. The summed E-state index contributed by atoms with van der Waals surface area (Å²) < 4.78 is 4.94. The van der Waals surface area contributed by atoms with E-state index in [2.05, 4.69) is 37.6 Å². The Balaban J connectivity index is -0.000000160. The molecule has 0 aromatic carbocycles. The topological polar surface area (TPSA) is 38.3 Å². The third kappa shape index (κ3) is 12.9. The number of fused-ring (bicyclic) bond motifs is 1. The van der Waals surface area contributed by atoms with Crippen LogP contribution >= 0.6 is 0 Å². The van der Waals surface area contributed by atoms with Crippen molar-refractivity contribution in [1.29, 1.82) is 0 Å². The molecule has 1 saturated heterocycles. The lowest BCUT2D eigenvalue weighted by molar-refractivity contribution is -0.118. The quantitative estimate of drug-likeness (QED) is 0.411. The first-order valence-corrected chi connectivity index (χ1v) is 9.21. The largest absolute Gasteiger partial charge is 0.497 e. The Bertz CT molecular complexity index is 484. The number of ether oxygens (including phenoxy) is 1. The summed E-state index contributed by atoms with van der Waals surface area (Å²) in [6.07, 6.45) is 10.5. The van der Waals surface area contributed by atoms with E-state index in [1.165, 1.54) is 5.57 Å². The Hall–Kier alpha value is -2.03. The Morgan fingerprint density at radius 1 is 1.11 bits per heavy atom. The van der Waals surface area contributed by atoms with Gasteiger partial charge < -0.3 is 10.1 Å². The van der Waals surface area contributed by atoms with Gasteiger partial charge in [-0.1, -0.05) is 80.9 Å². The van der Waals surface area contributed by atoms with Gasteiger partial charge in [0.1, 0.15) is 5.76 Å². The molecule has 0 bridgehead atoms. The highest BCUT2D eigenvalue weighted by atomic mass is 16.5. The van der Waals surface area contributed by atoms with Crippen LogP contribution in [0.2, 0.25) is 0 Å². The van der Waals surface area contributed by atoms with Crippen molar-refractivity contribution in [2.24, 2.45) is 5.92 Å². The third-order valence-corrected chi connectivity index (χ3v) is 3.56. The monoisotopic (exact) mass is 379 g/mol. The van der Waals surface area contributed by atoms with Gasteiger partial charge in [-0.25, -0.2) is 0 Å². The molecule has 0 saturated carbocycles. The average Bonchev–Trinajstić information content (AvgIpc) is 2.93. The standard InChI is InChI=1S/C10H13NO.C8H12O.2C2H6.2CH4/c1-7-2-4-8-6-10(12)11-9(8)5-3-7;1-5-7(3)8(6-2)9-4;2*1-2;;/h4-5,7H,2-3,6H2,1H3,(H,11,12);5-6H,1-2H2,3-4H3;2*1-2H3;2*1H4/b;8-7+;;;;. The number of allylic oxidation sites excluding steroid dienone is 6. The normalized spacial score (nSPS) is 17.0. The summed E-state index contributed by atoms with van der Waals surface area (Å²) in [5.74, 6) is 1.64. The van der Waals surface area contributed by atoms with Crippen LogP contribution in [0, 0.1) is 5.92 Å². The number of rotatable bonds is 3. The second-order valence-electron chi connectivity index (χ2n) is 5.31. The first-order valence-electron chi connectivity index (χ1n) is 9.21. The molecule has 158 valence electrons. The minimum Gasteiger partial charge on any atom is -0.497 e. The molecule has 1 aliphatic carbocycles. The lowest BCUT2D eigenvalue weighted by Crippen LogP contribution is -2.11. The molecule has 2 rings (SSSR count). The molecule has 0 radical (unpaired) electrons. The van der Waals surface area contributed by atoms with Crippen LogP contribution in [-0.4, -0.2) is 13.0 Å². The molecule has 0 aromatic heterocycles. The number of methoxy groups -OCH3 is 1. The van der Waals surface area contributed by atoms with Crippen molar-refractivity contribution >= 4 is 5.91 Å². The summed E-state index contributed by atoms with van der Waals surface area (Å²) in [4.78, 5) is 11.0. The van der Waals surface area contributed by atoms with Crippen LogP contribution in [0.1, 0.15) is 75.7 Å². The SMILES string of the molecule is C.C.C=C/C(C)=C(\C=C)OC.CC.CC.CC1CC=C2CC(=O)NC2=CC1. The second kappa shape index (κ2) is 20.3. The maximum Gasteiger partial charge on any atom is 0.228 e. The highest BCUT2D eigenvalue weighted by Crippen LogP contribution is 2.26. The molecule has 1 amide bonds. The van der Waals surface area contributed by atoms with E-state index in [4.69, 9.17) is 4.74 Å². The summed E-state index contributed by atoms with van der Waals surface area (Å²) in [6.45, 7) is 19.3. The Morgan fingerprint density at radius 2 is 1.63 bits per heavy atom. The Labute approximate surface area is 170 Å². The predicted octanol–water partition coefficient (Wildman–Crippen LogP) is 7.35. The van der Waals surface area contributed by atoms with Crippen molar-refractivity contribution in [3.63, 3.8) is 0 Å². The summed E-state index contributed by atoms with van der Waals surface area (Å²) in [7, 11) is 1.62. The summed E-state index contributed by atoms with van der Waals surface area (Å²) >= 11 is 0. The van der Waals surface area contributed by atoms with Crippen LogP contribution in [0.25, 0.3) is 0 Å². The van der Waals surface area contributed by atoms with Crippen LogP contribution in [0.3, 0.4) is 0 Å². The van der Waals surface area contributed by atoms with E-state index in [-0.39, 0.29) is 20.8 Å². The maximum absolute atomic E-state index is 11.0.